The lowest BCUT2D eigenvalue weighted by molar-refractivity contribution is 0.00948. The van der Waals surface area contributed by atoms with Crippen LogP contribution in [0.15, 0.2) is 91.0 Å². The van der Waals surface area contributed by atoms with Gasteiger partial charge in [0, 0.05) is 0 Å². The van der Waals surface area contributed by atoms with E-state index in [4.69, 9.17) is 0 Å². The molecule has 3 aromatic rings. The molecule has 3 rings (SSSR count). The molecule has 0 saturated carbocycles. The fourth-order valence-electron chi connectivity index (χ4n) is 2.64. The van der Waals surface area contributed by atoms with Gasteiger partial charge in [0.15, 0.2) is 0 Å². The first-order chi connectivity index (χ1) is 10.9. The van der Waals surface area contributed by atoms with Gasteiger partial charge in [0.2, 0.25) is 0 Å². The number of benzene rings is 3. The number of rotatable bonds is 3. The lowest BCUT2D eigenvalue weighted by Crippen LogP contribution is -2.25. The van der Waals surface area contributed by atoms with Gasteiger partial charge in [0.25, 0.3) is 5.59 Å². The van der Waals surface area contributed by atoms with Crippen LogP contribution in [0.4, 0.5) is 0 Å². The van der Waals surface area contributed by atoms with Gasteiger partial charge in [0.05, 0.1) is 0 Å². The monoisotopic (exact) mass is 302 g/mol. The van der Waals surface area contributed by atoms with Gasteiger partial charge in [-0.1, -0.05) is 91.0 Å². The fourth-order valence-corrected chi connectivity index (χ4v) is 5.88. The second-order valence-corrected chi connectivity index (χ2v) is 7.97. The largest absolute Gasteiger partial charge is 0.348 e. The molecule has 22 heavy (non-hydrogen) atoms. The van der Waals surface area contributed by atoms with E-state index in [1.165, 1.54) is 0 Å². The number of hydrogen-bond donors (Lipinski definition) is 0. The molecule has 0 aliphatic carbocycles. The SMILES string of the molecule is [N-]=[N+]=C=P(c1ccccc1)(c1ccccc1)c1ccccc1. The first kappa shape index (κ1) is 14.3. The quantitative estimate of drug-likeness (QED) is 0.308. The normalized spacial score (nSPS) is 10.5. The first-order valence-corrected chi connectivity index (χ1v) is 8.84. The van der Waals surface area contributed by atoms with Crippen LogP contribution in [0.3, 0.4) is 0 Å². The second kappa shape index (κ2) is 6.43. The Kier molecular flexibility index (Phi) is 4.19. The molecule has 0 fully saturated rings. The number of hydrogen-bond acceptors (Lipinski definition) is 0. The van der Waals surface area contributed by atoms with Crippen molar-refractivity contribution < 1.29 is 4.79 Å². The Hall–Kier alpha value is -2.62. The van der Waals surface area contributed by atoms with Crippen molar-refractivity contribution in [3.63, 3.8) is 0 Å². The predicted octanol–water partition coefficient (Wildman–Crippen LogP) is 3.12. The second-order valence-electron chi connectivity index (χ2n) is 4.88. The maximum Gasteiger partial charge on any atom is 0.300 e. The average molecular weight is 302 g/mol. The topological polar surface area (TPSA) is 36.4 Å². The summed E-state index contributed by atoms with van der Waals surface area (Å²) in [6, 6.07) is 30.5. The van der Waals surface area contributed by atoms with E-state index in [0.717, 1.165) is 15.9 Å². The highest BCUT2D eigenvalue weighted by Crippen LogP contribution is 2.42. The van der Waals surface area contributed by atoms with Crippen LogP contribution in [0.2, 0.25) is 0 Å². The van der Waals surface area contributed by atoms with Crippen LogP contribution < -0.4 is 15.9 Å². The van der Waals surface area contributed by atoms with Gasteiger partial charge in [0.1, 0.15) is 6.89 Å². The lowest BCUT2D eigenvalue weighted by atomic mass is 10.4. The van der Waals surface area contributed by atoms with E-state index in [2.05, 4.69) is 46.8 Å². The summed E-state index contributed by atoms with van der Waals surface area (Å²) in [6.45, 7) is -2.22. The zero-order valence-electron chi connectivity index (χ0n) is 12.0. The molecule has 3 heteroatoms. The van der Waals surface area contributed by atoms with E-state index in [1.807, 2.05) is 54.6 Å². The van der Waals surface area contributed by atoms with Crippen molar-refractivity contribution in [3.8, 4) is 0 Å². The highest BCUT2D eigenvalue weighted by Gasteiger charge is 2.28. The Morgan fingerprint density at radius 1 is 0.591 bits per heavy atom. The van der Waals surface area contributed by atoms with Crippen molar-refractivity contribution in [2.24, 2.45) is 0 Å². The molecule has 0 aromatic heterocycles. The minimum absolute atomic E-state index is 1.12. The van der Waals surface area contributed by atoms with E-state index < -0.39 is 6.89 Å². The molecule has 0 unspecified atom stereocenters. The van der Waals surface area contributed by atoms with Crippen molar-refractivity contribution in [1.82, 2.24) is 0 Å². The van der Waals surface area contributed by atoms with E-state index in [9.17, 15) is 5.53 Å². The Morgan fingerprint density at radius 3 is 1.18 bits per heavy atom. The third-order valence-electron chi connectivity index (χ3n) is 3.63. The molecular formula is C19H15N2P. The smallest absolute Gasteiger partial charge is 0.300 e. The van der Waals surface area contributed by atoms with Gasteiger partial charge in [-0.3, -0.25) is 0 Å². The molecule has 0 spiro atoms. The van der Waals surface area contributed by atoms with Crippen LogP contribution in [0.5, 0.6) is 0 Å². The van der Waals surface area contributed by atoms with Gasteiger partial charge in [-0.05, 0) is 15.9 Å². The van der Waals surface area contributed by atoms with Crippen LogP contribution in [-0.4, -0.2) is 10.4 Å². The van der Waals surface area contributed by atoms with Gasteiger partial charge in [-0.2, -0.15) is 0 Å². The van der Waals surface area contributed by atoms with Gasteiger partial charge in [-0.15, -0.1) is 4.79 Å². The first-order valence-electron chi connectivity index (χ1n) is 7.05. The summed E-state index contributed by atoms with van der Waals surface area (Å²) in [5.74, 6) is 0. The van der Waals surface area contributed by atoms with Crippen molar-refractivity contribution in [1.29, 1.82) is 0 Å². The maximum absolute atomic E-state index is 9.33. The highest BCUT2D eigenvalue weighted by molar-refractivity contribution is 7.93. The van der Waals surface area contributed by atoms with E-state index in [-0.39, 0.29) is 0 Å². The molecule has 0 aliphatic rings. The molecule has 2 nitrogen and oxygen atoms in total. The lowest BCUT2D eigenvalue weighted by Gasteiger charge is -2.21. The van der Waals surface area contributed by atoms with Crippen LogP contribution in [0, 0.1) is 0 Å². The molecular weight excluding hydrogens is 287 g/mol. The minimum Gasteiger partial charge on any atom is -0.348 e. The van der Waals surface area contributed by atoms with Crippen molar-refractivity contribution in [3.05, 3.63) is 96.5 Å². The van der Waals surface area contributed by atoms with E-state index in [0.29, 0.717) is 0 Å². The Bertz CT molecular complexity index is 758. The summed E-state index contributed by atoms with van der Waals surface area (Å²) < 4.78 is 0. The van der Waals surface area contributed by atoms with Gasteiger partial charge >= 0.3 is 0 Å². The Morgan fingerprint density at radius 2 is 0.909 bits per heavy atom. The average Bonchev–Trinajstić information content (AvgIpc) is 2.62. The molecule has 0 amide bonds. The standard InChI is InChI=1S/C19H15N2P/c20-21-16-22(17-10-4-1-5-11-17,18-12-6-2-7-13-18)19-14-8-3-9-15-19/h1-15H. The summed E-state index contributed by atoms with van der Waals surface area (Å²) in [6.07, 6.45) is 0. The van der Waals surface area contributed by atoms with E-state index in [1.54, 1.807) is 0 Å². The molecule has 0 aliphatic heterocycles. The molecule has 106 valence electrons. The highest BCUT2D eigenvalue weighted by atomic mass is 31.2. The minimum atomic E-state index is -2.22. The molecule has 3 aromatic carbocycles. The molecule has 0 N–H and O–H groups in total. The Balaban J connectivity index is 2.47. The summed E-state index contributed by atoms with van der Waals surface area (Å²) in [4.78, 5) is 3.34. The maximum atomic E-state index is 9.33. The van der Waals surface area contributed by atoms with Crippen LogP contribution in [0.25, 0.3) is 5.53 Å². The summed E-state index contributed by atoms with van der Waals surface area (Å²) in [7, 11) is 0. The van der Waals surface area contributed by atoms with Gasteiger partial charge < -0.3 is 5.53 Å². The predicted molar refractivity (Wildman–Crippen MR) is 93.8 cm³/mol. The molecule has 0 atom stereocenters. The fraction of sp³-hybridized carbons (Fsp3) is 0. The van der Waals surface area contributed by atoms with Crippen LogP contribution in [-0.2, 0) is 0 Å². The molecule has 0 saturated heterocycles. The zero-order chi connectivity index (χ0) is 15.3. The van der Waals surface area contributed by atoms with E-state index >= 15 is 0 Å². The molecule has 0 radical (unpaired) electrons. The summed E-state index contributed by atoms with van der Waals surface area (Å²) in [5.41, 5.74) is 12.4. The Labute approximate surface area is 130 Å². The number of nitrogens with zero attached hydrogens (tertiary/aromatic N) is 2. The zero-order valence-corrected chi connectivity index (χ0v) is 12.9. The van der Waals surface area contributed by atoms with Crippen molar-refractivity contribution >= 4 is 28.4 Å². The third kappa shape index (κ3) is 2.48. The van der Waals surface area contributed by atoms with Gasteiger partial charge in [-0.25, -0.2) is 0 Å². The van der Waals surface area contributed by atoms with Crippen LogP contribution >= 0.6 is 6.89 Å². The summed E-state index contributed by atoms with van der Waals surface area (Å²) in [5, 5.41) is 3.35. The van der Waals surface area contributed by atoms with Crippen molar-refractivity contribution in [2.75, 3.05) is 0 Å². The van der Waals surface area contributed by atoms with Crippen LogP contribution in [0.1, 0.15) is 0 Å². The summed E-state index contributed by atoms with van der Waals surface area (Å²) >= 11 is 0. The molecule has 0 heterocycles. The van der Waals surface area contributed by atoms with Crippen molar-refractivity contribution in [2.45, 2.75) is 0 Å². The molecule has 0 bridgehead atoms. The third-order valence-corrected chi connectivity index (χ3v) is 7.23.